The lowest BCUT2D eigenvalue weighted by atomic mass is 9.84. The SMILES string of the molecule is C[C@H](NC(=O)c1c(CN2CCN(CC(=O)O)C(=O)C2)c(-c2cccs2)nc2ccc(F)cc12)C1CCCCC1. The topological polar surface area (TPSA) is 103 Å². The molecule has 8 nitrogen and oxygen atoms in total. The van der Waals surface area contributed by atoms with Gasteiger partial charge in [-0.15, -0.1) is 11.3 Å². The van der Waals surface area contributed by atoms with Crippen molar-refractivity contribution in [1.82, 2.24) is 20.1 Å². The van der Waals surface area contributed by atoms with Gasteiger partial charge in [-0.05, 0) is 55.3 Å². The van der Waals surface area contributed by atoms with Crippen LogP contribution >= 0.6 is 11.3 Å². The molecule has 5 rings (SSSR count). The number of aliphatic carboxylic acids is 1. The second-order valence-corrected chi connectivity index (χ2v) is 11.5. The quantitative estimate of drug-likeness (QED) is 0.426. The normalized spacial score (nSPS) is 17.9. The Morgan fingerprint density at radius 1 is 1.21 bits per heavy atom. The van der Waals surface area contributed by atoms with E-state index in [2.05, 4.69) is 5.32 Å². The first-order chi connectivity index (χ1) is 18.8. The van der Waals surface area contributed by atoms with Crippen molar-refractivity contribution in [2.24, 2.45) is 5.92 Å². The Hall–Kier alpha value is -3.37. The van der Waals surface area contributed by atoms with E-state index in [1.165, 1.54) is 34.8 Å². The molecular weight excluding hydrogens is 519 g/mol. The van der Waals surface area contributed by atoms with Gasteiger partial charge in [0, 0.05) is 36.6 Å². The van der Waals surface area contributed by atoms with E-state index in [9.17, 15) is 18.8 Å². The number of hydrogen-bond acceptors (Lipinski definition) is 6. The molecule has 1 atom stereocenters. The van der Waals surface area contributed by atoms with Gasteiger partial charge in [0.1, 0.15) is 12.4 Å². The summed E-state index contributed by atoms with van der Waals surface area (Å²) in [5.74, 6) is -1.66. The molecular formula is C29H33FN4O4S. The molecule has 3 heterocycles. The van der Waals surface area contributed by atoms with Crippen LogP contribution in [0.2, 0.25) is 0 Å². The minimum absolute atomic E-state index is 0.0257. The van der Waals surface area contributed by atoms with E-state index in [1.807, 2.05) is 29.3 Å². The number of carboxylic acids is 1. The van der Waals surface area contributed by atoms with Gasteiger partial charge in [0.05, 0.1) is 28.2 Å². The molecule has 0 bridgehead atoms. The third kappa shape index (κ3) is 6.12. The van der Waals surface area contributed by atoms with Crippen molar-refractivity contribution in [3.05, 3.63) is 52.7 Å². The van der Waals surface area contributed by atoms with Gasteiger partial charge in [-0.3, -0.25) is 19.3 Å². The summed E-state index contributed by atoms with van der Waals surface area (Å²) in [5, 5.41) is 14.7. The van der Waals surface area contributed by atoms with Crippen LogP contribution in [0.15, 0.2) is 35.7 Å². The highest BCUT2D eigenvalue weighted by atomic mass is 32.1. The van der Waals surface area contributed by atoms with E-state index in [4.69, 9.17) is 10.1 Å². The molecule has 10 heteroatoms. The number of nitrogens with zero attached hydrogens (tertiary/aromatic N) is 3. The molecule has 0 radical (unpaired) electrons. The Labute approximate surface area is 230 Å². The number of carbonyl (C=O) groups excluding carboxylic acids is 2. The fraction of sp³-hybridized carbons (Fsp3) is 0.448. The number of aromatic nitrogens is 1. The molecule has 1 aliphatic heterocycles. The molecule has 1 saturated heterocycles. The summed E-state index contributed by atoms with van der Waals surface area (Å²) in [4.78, 5) is 46.9. The number of benzene rings is 1. The number of rotatable bonds is 8. The molecule has 3 aromatic rings. The highest BCUT2D eigenvalue weighted by Gasteiger charge is 2.30. The Kier molecular flexibility index (Phi) is 8.23. The minimum atomic E-state index is -1.05. The monoisotopic (exact) mass is 552 g/mol. The number of nitrogens with one attached hydrogen (secondary N) is 1. The highest BCUT2D eigenvalue weighted by Crippen LogP contribution is 2.35. The number of halogens is 1. The van der Waals surface area contributed by atoms with Crippen LogP contribution in [0.3, 0.4) is 0 Å². The Morgan fingerprint density at radius 3 is 2.69 bits per heavy atom. The standard InChI is InChI=1S/C29H33FN4O4S/c1-18(19-6-3-2-4-7-19)31-29(38)27-21-14-20(30)9-10-23(21)32-28(24-8-5-13-39-24)22(27)15-33-11-12-34(17-26(36)37)25(35)16-33/h5,8-10,13-14,18-19H,2-4,6-7,11-12,15-17H2,1H3,(H,31,38)(H,36,37)/t18-/m0/s1. The predicted molar refractivity (Wildman–Crippen MR) is 148 cm³/mol. The third-order valence-corrected chi connectivity index (χ3v) is 8.73. The van der Waals surface area contributed by atoms with Gasteiger partial charge in [-0.2, -0.15) is 0 Å². The fourth-order valence-electron chi connectivity index (χ4n) is 5.78. The number of pyridine rings is 1. The van der Waals surface area contributed by atoms with E-state index >= 15 is 0 Å². The zero-order valence-electron chi connectivity index (χ0n) is 22.0. The second kappa shape index (κ2) is 11.8. The molecule has 2 aliphatic rings. The van der Waals surface area contributed by atoms with Crippen LogP contribution in [0, 0.1) is 11.7 Å². The fourth-order valence-corrected chi connectivity index (χ4v) is 6.52. The van der Waals surface area contributed by atoms with Crippen molar-refractivity contribution in [2.75, 3.05) is 26.2 Å². The summed E-state index contributed by atoms with van der Waals surface area (Å²) in [6.45, 7) is 2.70. The lowest BCUT2D eigenvalue weighted by molar-refractivity contribution is -0.147. The smallest absolute Gasteiger partial charge is 0.323 e. The number of piperazine rings is 1. The first-order valence-electron chi connectivity index (χ1n) is 13.5. The number of fused-ring (bicyclic) bond motifs is 1. The lowest BCUT2D eigenvalue weighted by Crippen LogP contribution is -2.51. The van der Waals surface area contributed by atoms with Crippen molar-refractivity contribution >= 4 is 40.0 Å². The van der Waals surface area contributed by atoms with E-state index in [0.29, 0.717) is 40.2 Å². The Bertz CT molecular complexity index is 1370. The van der Waals surface area contributed by atoms with Crippen LogP contribution in [0.25, 0.3) is 21.5 Å². The third-order valence-electron chi connectivity index (χ3n) is 7.85. The number of hydrogen-bond donors (Lipinski definition) is 2. The molecule has 2 amide bonds. The average Bonchev–Trinajstić information content (AvgIpc) is 3.45. The summed E-state index contributed by atoms with van der Waals surface area (Å²) >= 11 is 1.50. The van der Waals surface area contributed by atoms with Gasteiger partial charge in [0.15, 0.2) is 0 Å². The van der Waals surface area contributed by atoms with Crippen molar-refractivity contribution in [3.8, 4) is 10.6 Å². The maximum atomic E-state index is 14.5. The van der Waals surface area contributed by atoms with Gasteiger partial charge in [0.25, 0.3) is 5.91 Å². The van der Waals surface area contributed by atoms with Gasteiger partial charge in [-0.1, -0.05) is 25.3 Å². The summed E-state index contributed by atoms with van der Waals surface area (Å²) in [6, 6.07) is 8.13. The predicted octanol–water partition coefficient (Wildman–Crippen LogP) is 4.53. The van der Waals surface area contributed by atoms with Crippen LogP contribution in [-0.2, 0) is 16.1 Å². The first kappa shape index (κ1) is 27.2. The molecule has 2 aromatic heterocycles. The summed E-state index contributed by atoms with van der Waals surface area (Å²) in [6.07, 6.45) is 5.68. The van der Waals surface area contributed by atoms with Crippen molar-refractivity contribution in [2.45, 2.75) is 51.6 Å². The molecule has 0 unspecified atom stereocenters. The largest absolute Gasteiger partial charge is 0.480 e. The van der Waals surface area contributed by atoms with Gasteiger partial charge in [0.2, 0.25) is 5.91 Å². The van der Waals surface area contributed by atoms with Crippen LogP contribution in [0.1, 0.15) is 54.9 Å². The van der Waals surface area contributed by atoms with Crippen LogP contribution < -0.4 is 5.32 Å². The van der Waals surface area contributed by atoms with E-state index in [-0.39, 0.29) is 44.0 Å². The van der Waals surface area contributed by atoms with E-state index < -0.39 is 11.8 Å². The Morgan fingerprint density at radius 2 is 2.00 bits per heavy atom. The highest BCUT2D eigenvalue weighted by molar-refractivity contribution is 7.13. The maximum absolute atomic E-state index is 14.5. The summed E-state index contributed by atoms with van der Waals surface area (Å²) < 4.78 is 14.5. The molecule has 1 aliphatic carbocycles. The molecule has 206 valence electrons. The van der Waals surface area contributed by atoms with E-state index in [0.717, 1.165) is 30.6 Å². The zero-order valence-corrected chi connectivity index (χ0v) is 22.8. The average molecular weight is 553 g/mol. The van der Waals surface area contributed by atoms with Crippen LogP contribution in [0.4, 0.5) is 4.39 Å². The molecule has 39 heavy (non-hydrogen) atoms. The van der Waals surface area contributed by atoms with Crippen molar-refractivity contribution < 1.29 is 23.9 Å². The van der Waals surface area contributed by atoms with Crippen molar-refractivity contribution in [1.29, 1.82) is 0 Å². The Balaban J connectivity index is 1.55. The van der Waals surface area contributed by atoms with E-state index in [1.54, 1.807) is 6.07 Å². The number of carboxylic acid groups (broad SMARTS) is 1. The molecule has 2 N–H and O–H groups in total. The minimum Gasteiger partial charge on any atom is -0.480 e. The number of thiophene rings is 1. The molecule has 1 aromatic carbocycles. The number of amides is 2. The molecule has 2 fully saturated rings. The van der Waals surface area contributed by atoms with Gasteiger partial charge in [-0.25, -0.2) is 9.37 Å². The number of carbonyl (C=O) groups is 3. The zero-order chi connectivity index (χ0) is 27.5. The lowest BCUT2D eigenvalue weighted by Gasteiger charge is -2.34. The molecule has 0 spiro atoms. The van der Waals surface area contributed by atoms with Crippen LogP contribution in [-0.4, -0.2) is 69.9 Å². The van der Waals surface area contributed by atoms with Gasteiger partial charge >= 0.3 is 5.97 Å². The maximum Gasteiger partial charge on any atom is 0.323 e. The van der Waals surface area contributed by atoms with Crippen molar-refractivity contribution in [3.63, 3.8) is 0 Å². The summed E-state index contributed by atoms with van der Waals surface area (Å²) in [7, 11) is 0. The second-order valence-electron chi connectivity index (χ2n) is 10.5. The summed E-state index contributed by atoms with van der Waals surface area (Å²) in [5.41, 5.74) is 2.19. The van der Waals surface area contributed by atoms with Crippen LogP contribution in [0.5, 0.6) is 0 Å². The molecule has 1 saturated carbocycles. The van der Waals surface area contributed by atoms with Gasteiger partial charge < -0.3 is 15.3 Å². The first-order valence-corrected chi connectivity index (χ1v) is 14.4.